The van der Waals surface area contributed by atoms with Crippen molar-refractivity contribution in [3.63, 3.8) is 0 Å². The van der Waals surface area contributed by atoms with Crippen molar-refractivity contribution < 1.29 is 9.78 Å². The van der Waals surface area contributed by atoms with Crippen molar-refractivity contribution in [3.05, 3.63) is 11.8 Å². The molecule has 3 fully saturated rings. The number of halogens is 1. The predicted molar refractivity (Wildman–Crippen MR) is 60.1 cm³/mol. The van der Waals surface area contributed by atoms with Crippen molar-refractivity contribution in [2.75, 3.05) is 0 Å². The van der Waals surface area contributed by atoms with E-state index >= 15 is 0 Å². The van der Waals surface area contributed by atoms with Crippen molar-refractivity contribution in [2.45, 2.75) is 39.7 Å². The van der Waals surface area contributed by atoms with E-state index in [1.54, 1.807) is 0 Å². The smallest absolute Gasteiger partial charge is 0.224 e. The van der Waals surface area contributed by atoms with Gasteiger partial charge in [-0.25, -0.2) is 0 Å². The molecule has 0 spiro atoms. The first-order valence-electron chi connectivity index (χ1n) is 5.60. The van der Waals surface area contributed by atoms with Gasteiger partial charge in [0.1, 0.15) is 6.10 Å². The molecule has 0 heterocycles. The minimum Gasteiger partial charge on any atom is -0.325 e. The zero-order chi connectivity index (χ0) is 11.2. The first kappa shape index (κ1) is 11.3. The van der Waals surface area contributed by atoms with Crippen LogP contribution < -0.4 is 0 Å². The topological polar surface area (TPSA) is 18.5 Å². The van der Waals surface area contributed by atoms with E-state index in [0.717, 1.165) is 18.3 Å². The fourth-order valence-corrected chi connectivity index (χ4v) is 3.38. The summed E-state index contributed by atoms with van der Waals surface area (Å²) in [6, 6.07) is 0. The van der Waals surface area contributed by atoms with Gasteiger partial charge in [-0.2, -0.15) is 4.89 Å². The molecule has 0 aromatic heterocycles. The molecule has 0 saturated heterocycles. The standard InChI is InChI=1S/C12H19ClO2/c1-7-10-5-9(12(10,3)4)6-11(7)15-14-8(2)13/h7,9-11H,2,5-6H2,1,3-4H3/t7-,9?,10+,11-/m1/s1. The zero-order valence-corrected chi connectivity index (χ0v) is 10.4. The third-order valence-corrected chi connectivity index (χ3v) is 4.61. The molecule has 0 amide bonds. The Hall–Kier alpha value is -0.210. The molecule has 86 valence electrons. The highest BCUT2D eigenvalue weighted by molar-refractivity contribution is 6.27. The molecular formula is C12H19ClO2. The first-order valence-corrected chi connectivity index (χ1v) is 5.98. The summed E-state index contributed by atoms with van der Waals surface area (Å²) in [5.41, 5.74) is 0.483. The van der Waals surface area contributed by atoms with Gasteiger partial charge in [-0.1, -0.05) is 20.8 Å². The molecule has 3 heteroatoms. The SMILES string of the molecule is C=C(Cl)OO[C@@H]1CC2C[C@@H]([C@H]1C)C2(C)C. The molecule has 1 unspecified atom stereocenters. The van der Waals surface area contributed by atoms with Crippen molar-refractivity contribution in [2.24, 2.45) is 23.2 Å². The van der Waals surface area contributed by atoms with Gasteiger partial charge in [0.2, 0.25) is 5.22 Å². The lowest BCUT2D eigenvalue weighted by molar-refractivity contribution is -0.330. The molecule has 2 nitrogen and oxygen atoms in total. The Kier molecular flexibility index (Phi) is 2.76. The van der Waals surface area contributed by atoms with E-state index in [1.807, 2.05) is 0 Å². The summed E-state index contributed by atoms with van der Waals surface area (Å²) in [5, 5.41) is 0.112. The number of hydrogen-bond donors (Lipinski definition) is 0. The largest absolute Gasteiger partial charge is 0.325 e. The summed E-state index contributed by atoms with van der Waals surface area (Å²) in [5.74, 6) is 2.07. The number of rotatable bonds is 3. The quantitative estimate of drug-likeness (QED) is 0.418. The van der Waals surface area contributed by atoms with Gasteiger partial charge in [-0.3, -0.25) is 0 Å². The molecule has 0 N–H and O–H groups in total. The highest BCUT2D eigenvalue weighted by atomic mass is 35.5. The van der Waals surface area contributed by atoms with Crippen LogP contribution in [0.2, 0.25) is 0 Å². The lowest BCUT2D eigenvalue weighted by Gasteiger charge is -2.61. The van der Waals surface area contributed by atoms with Gasteiger partial charge in [0, 0.05) is 0 Å². The molecule has 2 bridgehead atoms. The maximum Gasteiger partial charge on any atom is 0.224 e. The Morgan fingerprint density at radius 1 is 1.40 bits per heavy atom. The fourth-order valence-electron chi connectivity index (χ4n) is 3.34. The average molecular weight is 231 g/mol. The molecular weight excluding hydrogens is 212 g/mol. The van der Waals surface area contributed by atoms with Crippen molar-refractivity contribution in [1.29, 1.82) is 0 Å². The van der Waals surface area contributed by atoms with Crippen molar-refractivity contribution >= 4 is 11.6 Å². The van der Waals surface area contributed by atoms with Crippen molar-refractivity contribution in [1.82, 2.24) is 0 Å². The molecule has 0 aromatic rings. The van der Waals surface area contributed by atoms with Gasteiger partial charge in [0.25, 0.3) is 0 Å². The van der Waals surface area contributed by atoms with E-state index in [-0.39, 0.29) is 11.3 Å². The van der Waals surface area contributed by atoms with E-state index in [0.29, 0.717) is 11.3 Å². The van der Waals surface area contributed by atoms with Crippen LogP contribution in [0.1, 0.15) is 33.6 Å². The zero-order valence-electron chi connectivity index (χ0n) is 9.63. The Morgan fingerprint density at radius 3 is 2.53 bits per heavy atom. The molecule has 3 rings (SSSR count). The molecule has 3 aliphatic carbocycles. The van der Waals surface area contributed by atoms with Gasteiger partial charge in [-0.15, -0.1) is 0 Å². The van der Waals surface area contributed by atoms with Crippen LogP contribution >= 0.6 is 11.6 Å². The molecule has 0 aliphatic heterocycles. The van der Waals surface area contributed by atoms with Crippen LogP contribution in [0.4, 0.5) is 0 Å². The van der Waals surface area contributed by atoms with Crippen LogP contribution in [-0.2, 0) is 9.78 Å². The normalized spacial score (nSPS) is 41.9. The van der Waals surface area contributed by atoms with Gasteiger partial charge < -0.3 is 4.89 Å². The summed E-state index contributed by atoms with van der Waals surface area (Å²) in [7, 11) is 0. The third-order valence-electron chi connectivity index (χ3n) is 4.55. The van der Waals surface area contributed by atoms with E-state index in [2.05, 4.69) is 27.4 Å². The Bertz CT molecular complexity index is 275. The second kappa shape index (κ2) is 3.67. The fraction of sp³-hybridized carbons (Fsp3) is 0.833. The number of hydrogen-bond acceptors (Lipinski definition) is 2. The van der Waals surface area contributed by atoms with Crippen LogP contribution in [0.5, 0.6) is 0 Å². The highest BCUT2D eigenvalue weighted by Crippen LogP contribution is 2.61. The van der Waals surface area contributed by atoms with Crippen LogP contribution in [0.15, 0.2) is 11.8 Å². The maximum atomic E-state index is 5.51. The van der Waals surface area contributed by atoms with Crippen LogP contribution in [0.3, 0.4) is 0 Å². The van der Waals surface area contributed by atoms with Crippen LogP contribution in [-0.4, -0.2) is 6.10 Å². The van der Waals surface area contributed by atoms with Crippen LogP contribution in [0.25, 0.3) is 0 Å². The molecule has 0 radical (unpaired) electrons. The minimum absolute atomic E-state index is 0.112. The molecule has 0 aromatic carbocycles. The van der Waals surface area contributed by atoms with Gasteiger partial charge in [-0.05, 0) is 54.2 Å². The van der Waals surface area contributed by atoms with Gasteiger partial charge in [0.15, 0.2) is 0 Å². The Morgan fingerprint density at radius 2 is 2.07 bits per heavy atom. The van der Waals surface area contributed by atoms with E-state index < -0.39 is 0 Å². The van der Waals surface area contributed by atoms with E-state index in [4.69, 9.17) is 21.4 Å². The number of fused-ring (bicyclic) bond motifs is 2. The second-order valence-electron chi connectivity index (χ2n) is 5.53. The Balaban J connectivity index is 1.93. The second-order valence-corrected chi connectivity index (χ2v) is 5.95. The lowest BCUT2D eigenvalue weighted by atomic mass is 9.45. The van der Waals surface area contributed by atoms with E-state index in [9.17, 15) is 0 Å². The highest BCUT2D eigenvalue weighted by Gasteiger charge is 2.57. The summed E-state index contributed by atoms with van der Waals surface area (Å²) in [6.45, 7) is 10.4. The molecule has 3 aliphatic rings. The van der Waals surface area contributed by atoms with Gasteiger partial charge >= 0.3 is 0 Å². The molecule has 4 atom stereocenters. The maximum absolute atomic E-state index is 5.51. The first-order chi connectivity index (χ1) is 6.93. The van der Waals surface area contributed by atoms with E-state index in [1.165, 1.54) is 6.42 Å². The predicted octanol–water partition coefficient (Wildman–Crippen LogP) is 3.72. The monoisotopic (exact) mass is 230 g/mol. The summed E-state index contributed by atoms with van der Waals surface area (Å²) in [6.07, 6.45) is 2.60. The molecule has 3 saturated carbocycles. The minimum atomic E-state index is 0.112. The summed E-state index contributed by atoms with van der Waals surface area (Å²) in [4.78, 5) is 10.2. The van der Waals surface area contributed by atoms with Crippen molar-refractivity contribution in [3.8, 4) is 0 Å². The Labute approximate surface area is 96.5 Å². The third kappa shape index (κ3) is 1.78. The van der Waals surface area contributed by atoms with Crippen LogP contribution in [0, 0.1) is 23.2 Å². The summed E-state index contributed by atoms with van der Waals surface area (Å²) < 4.78 is 0. The lowest BCUT2D eigenvalue weighted by Crippen LogP contribution is -2.57. The molecule has 15 heavy (non-hydrogen) atoms. The summed E-state index contributed by atoms with van der Waals surface area (Å²) >= 11 is 5.51. The average Bonchev–Trinajstić information content (AvgIpc) is 2.15. The van der Waals surface area contributed by atoms with Gasteiger partial charge in [0.05, 0.1) is 0 Å².